The number of carbonyl (C=O) groups excluding carboxylic acids is 1. The normalized spacial score (nSPS) is 29.8. The molecule has 2 rings (SSSR count). The first-order chi connectivity index (χ1) is 11.7. The van der Waals surface area contributed by atoms with Gasteiger partial charge in [0.05, 0.1) is 6.61 Å². The fourth-order valence-electron chi connectivity index (χ4n) is 2.34. The lowest BCUT2D eigenvalue weighted by Gasteiger charge is -2.42. The van der Waals surface area contributed by atoms with Gasteiger partial charge in [0.1, 0.15) is 30.1 Å². The number of para-hydroxylation sites is 1. The molecule has 0 bridgehead atoms. The van der Waals surface area contributed by atoms with Gasteiger partial charge in [-0.25, -0.2) is 8.42 Å². The molecule has 0 saturated carbocycles. The molecular formula is C14H18NO9S-. The first-order valence-electron chi connectivity index (χ1n) is 7.28. The molecule has 1 amide bonds. The molecule has 10 nitrogen and oxygen atoms in total. The number of nitrogens with one attached hydrogen (secondary N) is 1. The van der Waals surface area contributed by atoms with Gasteiger partial charge in [-0.3, -0.25) is 8.98 Å². The van der Waals surface area contributed by atoms with Crippen molar-refractivity contribution in [2.24, 2.45) is 0 Å². The molecular weight excluding hydrogens is 358 g/mol. The minimum atomic E-state index is -5.01. The summed E-state index contributed by atoms with van der Waals surface area (Å²) < 4.78 is 46.8. The van der Waals surface area contributed by atoms with Crippen LogP contribution in [0, 0.1) is 0 Å². The van der Waals surface area contributed by atoms with E-state index < -0.39 is 53.6 Å². The fraction of sp³-hybridized carbons (Fsp3) is 0.500. The Bertz CT molecular complexity index is 681. The minimum absolute atomic E-state index is 0.350. The van der Waals surface area contributed by atoms with Crippen molar-refractivity contribution in [1.29, 1.82) is 0 Å². The number of ether oxygens (including phenoxy) is 2. The zero-order valence-electron chi connectivity index (χ0n) is 13.1. The van der Waals surface area contributed by atoms with Gasteiger partial charge in [-0.1, -0.05) is 18.2 Å². The predicted octanol–water partition coefficient (Wildman–Crippen LogP) is -1.51. The maximum atomic E-state index is 11.3. The second-order valence-corrected chi connectivity index (χ2v) is 6.43. The van der Waals surface area contributed by atoms with Gasteiger partial charge in [0, 0.05) is 6.92 Å². The van der Waals surface area contributed by atoms with E-state index in [0.29, 0.717) is 5.75 Å². The highest BCUT2D eigenvalue weighted by atomic mass is 32.3. The van der Waals surface area contributed by atoms with Gasteiger partial charge in [0.2, 0.25) is 22.6 Å². The average molecular weight is 376 g/mol. The Balaban J connectivity index is 2.18. The Morgan fingerprint density at radius 2 is 1.92 bits per heavy atom. The number of hydrogen-bond donors (Lipinski definition) is 3. The Hall–Kier alpha value is -1.76. The Labute approximate surface area is 144 Å². The first-order valence-corrected chi connectivity index (χ1v) is 8.61. The van der Waals surface area contributed by atoms with Gasteiger partial charge in [-0.2, -0.15) is 0 Å². The van der Waals surface area contributed by atoms with Crippen LogP contribution in [0.1, 0.15) is 6.92 Å². The molecule has 1 aromatic rings. The van der Waals surface area contributed by atoms with Gasteiger partial charge in [0.15, 0.2) is 0 Å². The summed E-state index contributed by atoms with van der Waals surface area (Å²) >= 11 is 0. The zero-order valence-corrected chi connectivity index (χ0v) is 14.0. The lowest BCUT2D eigenvalue weighted by Crippen LogP contribution is -2.65. The van der Waals surface area contributed by atoms with Crippen LogP contribution in [0.4, 0.5) is 0 Å². The fourth-order valence-corrected chi connectivity index (χ4v) is 2.64. The molecule has 0 aliphatic carbocycles. The van der Waals surface area contributed by atoms with E-state index in [4.69, 9.17) is 9.47 Å². The maximum absolute atomic E-state index is 11.3. The molecule has 0 spiro atoms. The van der Waals surface area contributed by atoms with E-state index in [1.54, 1.807) is 30.3 Å². The number of aliphatic hydroxyl groups is 2. The molecule has 1 fully saturated rings. The molecule has 25 heavy (non-hydrogen) atoms. The molecule has 3 unspecified atom stereocenters. The second kappa shape index (κ2) is 8.08. The molecule has 11 heteroatoms. The lowest BCUT2D eigenvalue weighted by molar-refractivity contribution is -0.242. The second-order valence-electron chi connectivity index (χ2n) is 5.37. The molecule has 1 saturated heterocycles. The molecule has 0 radical (unpaired) electrons. The summed E-state index contributed by atoms with van der Waals surface area (Å²) in [7, 11) is -5.01. The van der Waals surface area contributed by atoms with Crippen LogP contribution in [0.15, 0.2) is 30.3 Å². The van der Waals surface area contributed by atoms with Crippen LogP contribution in [0.3, 0.4) is 0 Å². The SMILES string of the molecule is CC(=O)NC1C(Oc2ccccc2)OC(COS(=O)(=O)[O-])[C@H](O)[C@@H]1O. The number of hydrogen-bond acceptors (Lipinski definition) is 9. The van der Waals surface area contributed by atoms with Crippen molar-refractivity contribution in [3.63, 3.8) is 0 Å². The lowest BCUT2D eigenvalue weighted by atomic mass is 9.97. The number of carbonyl (C=O) groups is 1. The van der Waals surface area contributed by atoms with Crippen molar-refractivity contribution in [2.45, 2.75) is 37.6 Å². The van der Waals surface area contributed by atoms with E-state index in [0.717, 1.165) is 0 Å². The molecule has 3 N–H and O–H groups in total. The van der Waals surface area contributed by atoms with Crippen molar-refractivity contribution in [1.82, 2.24) is 5.32 Å². The predicted molar refractivity (Wildman–Crippen MR) is 81.0 cm³/mol. The number of benzene rings is 1. The summed E-state index contributed by atoms with van der Waals surface area (Å²) in [4.78, 5) is 11.3. The highest BCUT2D eigenvalue weighted by Gasteiger charge is 2.46. The summed E-state index contributed by atoms with van der Waals surface area (Å²) in [6.45, 7) is 0.392. The van der Waals surface area contributed by atoms with Crippen LogP contribution in [0.2, 0.25) is 0 Å². The summed E-state index contributed by atoms with van der Waals surface area (Å²) in [5, 5.41) is 22.7. The van der Waals surface area contributed by atoms with Gasteiger partial charge in [0.25, 0.3) is 0 Å². The summed E-state index contributed by atoms with van der Waals surface area (Å²) in [5.41, 5.74) is 0. The Morgan fingerprint density at radius 1 is 1.28 bits per heavy atom. The summed E-state index contributed by atoms with van der Waals surface area (Å²) in [6.07, 6.45) is -5.78. The zero-order chi connectivity index (χ0) is 18.6. The Kier molecular flexibility index (Phi) is 6.32. The third kappa shape index (κ3) is 5.63. The van der Waals surface area contributed by atoms with Gasteiger partial charge >= 0.3 is 0 Å². The van der Waals surface area contributed by atoms with E-state index in [1.165, 1.54) is 6.92 Å². The van der Waals surface area contributed by atoms with Crippen molar-refractivity contribution in [2.75, 3.05) is 6.61 Å². The van der Waals surface area contributed by atoms with E-state index in [2.05, 4.69) is 9.50 Å². The van der Waals surface area contributed by atoms with Crippen LogP contribution in [-0.2, 0) is 24.1 Å². The largest absolute Gasteiger partial charge is 0.726 e. The Morgan fingerprint density at radius 3 is 2.48 bits per heavy atom. The third-order valence-corrected chi connectivity index (χ3v) is 3.87. The molecule has 140 valence electrons. The number of rotatable bonds is 6. The third-order valence-electron chi connectivity index (χ3n) is 3.44. The van der Waals surface area contributed by atoms with E-state index >= 15 is 0 Å². The highest BCUT2D eigenvalue weighted by molar-refractivity contribution is 7.80. The number of aliphatic hydroxyl groups excluding tert-OH is 2. The first kappa shape index (κ1) is 19.6. The highest BCUT2D eigenvalue weighted by Crippen LogP contribution is 2.25. The van der Waals surface area contributed by atoms with Crippen LogP contribution in [-0.4, -0.2) is 66.3 Å². The molecule has 1 aliphatic heterocycles. The molecule has 5 atom stereocenters. The van der Waals surface area contributed by atoms with Crippen molar-refractivity contribution >= 4 is 16.3 Å². The van der Waals surface area contributed by atoms with Crippen LogP contribution in [0.5, 0.6) is 5.75 Å². The van der Waals surface area contributed by atoms with E-state index in [9.17, 15) is 28.0 Å². The van der Waals surface area contributed by atoms with E-state index in [-0.39, 0.29) is 0 Å². The quantitative estimate of drug-likeness (QED) is 0.397. The van der Waals surface area contributed by atoms with Gasteiger partial charge < -0.3 is 29.6 Å². The topological polar surface area (TPSA) is 154 Å². The average Bonchev–Trinajstić information content (AvgIpc) is 2.53. The van der Waals surface area contributed by atoms with Crippen LogP contribution < -0.4 is 10.1 Å². The summed E-state index contributed by atoms with van der Waals surface area (Å²) in [5.74, 6) is -0.152. The van der Waals surface area contributed by atoms with Crippen molar-refractivity contribution < 1.29 is 41.6 Å². The van der Waals surface area contributed by atoms with Gasteiger partial charge in [-0.15, -0.1) is 0 Å². The van der Waals surface area contributed by atoms with Crippen LogP contribution in [0.25, 0.3) is 0 Å². The van der Waals surface area contributed by atoms with Gasteiger partial charge in [-0.05, 0) is 12.1 Å². The van der Waals surface area contributed by atoms with E-state index in [1.807, 2.05) is 0 Å². The monoisotopic (exact) mass is 376 g/mol. The van der Waals surface area contributed by atoms with Crippen molar-refractivity contribution in [3.05, 3.63) is 30.3 Å². The molecule has 0 aromatic heterocycles. The van der Waals surface area contributed by atoms with Crippen LogP contribution >= 0.6 is 0 Å². The molecule has 1 aromatic carbocycles. The molecule has 1 heterocycles. The maximum Gasteiger partial charge on any atom is 0.223 e. The minimum Gasteiger partial charge on any atom is -0.726 e. The van der Waals surface area contributed by atoms with Crippen molar-refractivity contribution in [3.8, 4) is 5.75 Å². The smallest absolute Gasteiger partial charge is 0.223 e. The standard InChI is InChI=1S/C14H19NO9S/c1-8(16)15-11-13(18)12(17)10(7-22-25(19,20)21)24-14(11)23-9-5-3-2-4-6-9/h2-6,10-14,17-18H,7H2,1H3,(H,15,16)(H,19,20,21)/p-1/t10?,11?,12-,13+,14?/m0/s1. The molecule has 1 aliphatic rings. The number of amides is 1. The summed E-state index contributed by atoms with van der Waals surface area (Å²) in [6, 6.07) is 7.17.